The number of carbonyl (C=O) groups excluding carboxylic acids is 4. The number of imide groups is 1. The Kier molecular flexibility index (Phi) is 11.2. The third-order valence-corrected chi connectivity index (χ3v) is 8.18. The van der Waals surface area contributed by atoms with E-state index >= 15 is 0 Å². The average Bonchev–Trinajstić information content (AvgIpc) is 3.42. The van der Waals surface area contributed by atoms with E-state index in [9.17, 15) is 24.3 Å². The van der Waals surface area contributed by atoms with Gasteiger partial charge in [-0.3, -0.25) is 24.7 Å². The number of phenolic OH excluding ortho intramolecular Hbond substituents is 1. The van der Waals surface area contributed by atoms with Gasteiger partial charge in [0.15, 0.2) is 5.96 Å². The first-order valence-electron chi connectivity index (χ1n) is 15.8. The quantitative estimate of drug-likeness (QED) is 0.0712. The fraction of sp³-hybridized carbons (Fsp3) is 0.216. The molecule has 4 aromatic rings. The molecule has 0 fully saturated rings. The molecule has 0 spiro atoms. The third-order valence-electron chi connectivity index (χ3n) is 8.18. The Morgan fingerprint density at radius 3 is 2.00 bits per heavy atom. The van der Waals surface area contributed by atoms with E-state index in [1.807, 2.05) is 48.5 Å². The molecule has 1 aliphatic rings. The largest absolute Gasteiger partial charge is 0.508 e. The second-order valence-corrected chi connectivity index (χ2v) is 11.6. The molecule has 0 heterocycles. The van der Waals surface area contributed by atoms with Gasteiger partial charge in [-0.1, -0.05) is 78.9 Å². The van der Waals surface area contributed by atoms with Crippen LogP contribution < -0.4 is 27.4 Å². The van der Waals surface area contributed by atoms with Gasteiger partial charge in [0.25, 0.3) is 5.91 Å². The monoisotopic (exact) mass is 662 g/mol. The lowest BCUT2D eigenvalue weighted by atomic mass is 9.98. The normalized spacial score (nSPS) is 12.8. The molecule has 4 aromatic carbocycles. The first kappa shape index (κ1) is 34.2. The molecule has 8 N–H and O–H groups in total. The lowest BCUT2D eigenvalue weighted by molar-refractivity contribution is -0.129. The van der Waals surface area contributed by atoms with E-state index in [-0.39, 0.29) is 49.2 Å². The van der Waals surface area contributed by atoms with Gasteiger partial charge in [-0.2, -0.15) is 0 Å². The van der Waals surface area contributed by atoms with Crippen LogP contribution >= 0.6 is 0 Å². The van der Waals surface area contributed by atoms with E-state index in [1.54, 1.807) is 42.5 Å². The van der Waals surface area contributed by atoms with Crippen molar-refractivity contribution in [3.05, 3.63) is 125 Å². The number of rotatable bonds is 13. The Hall–Kier alpha value is -6.17. The number of nitrogens with zero attached hydrogens (tertiary/aromatic N) is 1. The number of aliphatic imine (C=N–C) groups is 1. The minimum absolute atomic E-state index is 0.0155. The molecule has 49 heavy (non-hydrogen) atoms. The van der Waals surface area contributed by atoms with Crippen molar-refractivity contribution in [3.8, 4) is 16.9 Å². The predicted molar refractivity (Wildman–Crippen MR) is 185 cm³/mol. The number of phenols is 1. The van der Waals surface area contributed by atoms with Crippen LogP contribution in [0.5, 0.6) is 5.75 Å². The van der Waals surface area contributed by atoms with Crippen LogP contribution in [0.15, 0.2) is 108 Å². The maximum absolute atomic E-state index is 13.8. The lowest BCUT2D eigenvalue weighted by Gasteiger charge is -2.23. The Bertz CT molecular complexity index is 1780. The smallest absolute Gasteiger partial charge is 0.407 e. The number of hydrogen-bond acceptors (Lipinski definition) is 7. The molecule has 0 aromatic heterocycles. The number of hydrogen-bond donors (Lipinski definition) is 6. The summed E-state index contributed by atoms with van der Waals surface area (Å²) in [5.41, 5.74) is 16.0. The first-order chi connectivity index (χ1) is 23.7. The third kappa shape index (κ3) is 9.01. The summed E-state index contributed by atoms with van der Waals surface area (Å²) in [6.07, 6.45) is -0.415. The molecule has 2 atom stereocenters. The minimum Gasteiger partial charge on any atom is -0.508 e. The summed E-state index contributed by atoms with van der Waals surface area (Å²) in [6, 6.07) is 27.9. The predicted octanol–water partition coefficient (Wildman–Crippen LogP) is 3.34. The molecule has 5 rings (SSSR count). The van der Waals surface area contributed by atoms with E-state index in [4.69, 9.17) is 16.2 Å². The molecular weight excluding hydrogens is 624 g/mol. The van der Waals surface area contributed by atoms with Crippen LogP contribution in [-0.4, -0.2) is 60.1 Å². The van der Waals surface area contributed by atoms with E-state index in [0.717, 1.165) is 22.3 Å². The molecule has 12 heteroatoms. The first-order valence-corrected chi connectivity index (χ1v) is 15.8. The summed E-state index contributed by atoms with van der Waals surface area (Å²) in [5, 5.41) is 17.4. The number of nitrogens with two attached hydrogens (primary N) is 2. The van der Waals surface area contributed by atoms with Gasteiger partial charge in [0.2, 0.25) is 11.8 Å². The molecule has 0 saturated heterocycles. The minimum atomic E-state index is -1.18. The van der Waals surface area contributed by atoms with E-state index in [0.29, 0.717) is 12.0 Å². The lowest BCUT2D eigenvalue weighted by Crippen LogP contribution is -2.55. The Labute approximate surface area is 283 Å². The van der Waals surface area contributed by atoms with Crippen molar-refractivity contribution in [3.63, 3.8) is 0 Å². The number of nitrogens with one attached hydrogen (secondary N) is 3. The van der Waals surface area contributed by atoms with Crippen LogP contribution in [0.3, 0.4) is 0 Å². The SMILES string of the molecule is NC(N)=NCCC[C@H](NC(=O)[C@H](Cc1ccc(O)cc1)NC(=O)OCC1c2ccccc2-c2ccccc21)C(=O)NC(=O)c1ccccc1. The summed E-state index contributed by atoms with van der Waals surface area (Å²) in [6.45, 7) is 0.217. The van der Waals surface area contributed by atoms with Crippen LogP contribution in [0.1, 0.15) is 45.8 Å². The fourth-order valence-electron chi connectivity index (χ4n) is 5.76. The van der Waals surface area contributed by atoms with Gasteiger partial charge in [-0.25, -0.2) is 4.79 Å². The molecular formula is C37H38N6O6. The Morgan fingerprint density at radius 1 is 0.755 bits per heavy atom. The van der Waals surface area contributed by atoms with Gasteiger partial charge in [-0.15, -0.1) is 0 Å². The zero-order valence-electron chi connectivity index (χ0n) is 26.7. The van der Waals surface area contributed by atoms with Crippen LogP contribution in [-0.2, 0) is 20.7 Å². The van der Waals surface area contributed by atoms with Crippen molar-refractivity contribution in [2.75, 3.05) is 13.2 Å². The van der Waals surface area contributed by atoms with Crippen molar-refractivity contribution >= 4 is 29.8 Å². The van der Waals surface area contributed by atoms with Crippen LogP contribution in [0.4, 0.5) is 4.79 Å². The van der Waals surface area contributed by atoms with Crippen LogP contribution in [0.25, 0.3) is 11.1 Å². The molecule has 4 amide bonds. The summed E-state index contributed by atoms with van der Waals surface area (Å²) < 4.78 is 5.70. The summed E-state index contributed by atoms with van der Waals surface area (Å²) in [7, 11) is 0. The van der Waals surface area contributed by atoms with Gasteiger partial charge >= 0.3 is 6.09 Å². The molecule has 0 bridgehead atoms. The second-order valence-electron chi connectivity index (χ2n) is 11.6. The van der Waals surface area contributed by atoms with Gasteiger partial charge in [0.05, 0.1) is 0 Å². The average molecular weight is 663 g/mol. The number of amides is 4. The highest BCUT2D eigenvalue weighted by molar-refractivity contribution is 6.07. The molecule has 0 saturated carbocycles. The highest BCUT2D eigenvalue weighted by Crippen LogP contribution is 2.44. The number of ether oxygens (including phenoxy) is 1. The van der Waals surface area contributed by atoms with Gasteiger partial charge in [0, 0.05) is 24.4 Å². The molecule has 0 aliphatic heterocycles. The number of alkyl carbamates (subject to hydrolysis) is 1. The zero-order valence-corrected chi connectivity index (χ0v) is 26.7. The van der Waals surface area contributed by atoms with Crippen molar-refractivity contribution in [1.29, 1.82) is 0 Å². The van der Waals surface area contributed by atoms with E-state index in [2.05, 4.69) is 20.9 Å². The van der Waals surface area contributed by atoms with Gasteiger partial charge in [0.1, 0.15) is 24.4 Å². The maximum atomic E-state index is 13.8. The van der Waals surface area contributed by atoms with Crippen molar-refractivity contribution in [2.24, 2.45) is 16.5 Å². The highest BCUT2D eigenvalue weighted by Gasteiger charge is 2.31. The van der Waals surface area contributed by atoms with Crippen molar-refractivity contribution < 1.29 is 29.0 Å². The van der Waals surface area contributed by atoms with Gasteiger partial charge in [-0.05, 0) is 64.9 Å². The number of carbonyl (C=O) groups is 4. The molecule has 0 radical (unpaired) electrons. The summed E-state index contributed by atoms with van der Waals surface area (Å²) >= 11 is 0. The number of aromatic hydroxyl groups is 1. The Morgan fingerprint density at radius 2 is 1.37 bits per heavy atom. The molecule has 1 aliphatic carbocycles. The van der Waals surface area contributed by atoms with Crippen LogP contribution in [0, 0.1) is 0 Å². The number of guanidine groups is 1. The van der Waals surface area contributed by atoms with Crippen molar-refractivity contribution in [2.45, 2.75) is 37.3 Å². The van der Waals surface area contributed by atoms with E-state index in [1.165, 1.54) is 12.1 Å². The number of benzene rings is 4. The van der Waals surface area contributed by atoms with E-state index < -0.39 is 35.9 Å². The van der Waals surface area contributed by atoms with Gasteiger partial charge < -0.3 is 31.9 Å². The topological polar surface area (TPSA) is 198 Å². The maximum Gasteiger partial charge on any atom is 0.407 e. The molecule has 0 unspecified atom stereocenters. The standard InChI is InChI=1S/C37H38N6O6/c38-36(39)40-20-8-15-31(34(46)43-33(45)24-9-2-1-3-10-24)41-35(47)32(21-23-16-18-25(44)19-17-23)42-37(48)49-22-30-28-13-6-4-11-26(28)27-12-5-7-14-29(27)30/h1-7,9-14,16-19,30-32,44H,8,15,20-22H2,(H,41,47)(H,42,48)(H4,38,39,40)(H,43,45,46)/t31-,32-/m0/s1. The molecule has 252 valence electrons. The summed E-state index contributed by atoms with van der Waals surface area (Å²) in [5.74, 6) is -2.33. The van der Waals surface area contributed by atoms with Crippen LogP contribution in [0.2, 0.25) is 0 Å². The fourth-order valence-corrected chi connectivity index (χ4v) is 5.76. The van der Waals surface area contributed by atoms with Crippen molar-refractivity contribution in [1.82, 2.24) is 16.0 Å². The second kappa shape index (κ2) is 16.1. The Balaban J connectivity index is 1.30. The zero-order chi connectivity index (χ0) is 34.8. The summed E-state index contributed by atoms with van der Waals surface area (Å²) in [4.78, 5) is 57.0. The highest BCUT2D eigenvalue weighted by atomic mass is 16.5. The number of fused-ring (bicyclic) bond motifs is 3. The molecule has 12 nitrogen and oxygen atoms in total.